The third kappa shape index (κ3) is 2.75. The highest BCUT2D eigenvalue weighted by Gasteiger charge is 2.12. The Hall–Kier alpha value is -0.970. The number of rotatable bonds is 2. The van der Waals surface area contributed by atoms with Gasteiger partial charge in [0.2, 0.25) is 0 Å². The first kappa shape index (κ1) is 10.5. The average molecular weight is 224 g/mol. The molecule has 1 aromatic heterocycles. The lowest BCUT2D eigenvalue weighted by Gasteiger charge is -2.21. The maximum Gasteiger partial charge on any atom is 0.157 e. The van der Waals surface area contributed by atoms with Gasteiger partial charge in [0.25, 0.3) is 0 Å². The summed E-state index contributed by atoms with van der Waals surface area (Å²) in [6.07, 6.45) is 4.96. The maximum absolute atomic E-state index is 4.52. The predicted molar refractivity (Wildman–Crippen MR) is 64.0 cm³/mol. The van der Waals surface area contributed by atoms with Crippen LogP contribution in [0.5, 0.6) is 0 Å². The summed E-state index contributed by atoms with van der Waals surface area (Å²) in [5.74, 6) is 2.16. The van der Waals surface area contributed by atoms with Gasteiger partial charge in [-0.2, -0.15) is 0 Å². The SMILES string of the molecule is CC1CCSC(=NCc2nccn2C)N1. The molecule has 0 spiro atoms. The highest BCUT2D eigenvalue weighted by Crippen LogP contribution is 2.13. The fraction of sp³-hybridized carbons (Fsp3) is 0.600. The van der Waals surface area contributed by atoms with Gasteiger partial charge >= 0.3 is 0 Å². The Morgan fingerprint density at radius 1 is 1.73 bits per heavy atom. The van der Waals surface area contributed by atoms with Gasteiger partial charge in [-0.05, 0) is 13.3 Å². The number of thioether (sulfide) groups is 1. The van der Waals surface area contributed by atoms with Crippen molar-refractivity contribution < 1.29 is 0 Å². The Morgan fingerprint density at radius 2 is 2.60 bits per heavy atom. The standard InChI is InChI=1S/C10H16N4S/c1-8-3-6-15-10(13-8)12-7-9-11-4-5-14(9)2/h4-5,8H,3,6-7H2,1-2H3,(H,12,13). The van der Waals surface area contributed by atoms with Crippen molar-refractivity contribution >= 4 is 16.9 Å². The van der Waals surface area contributed by atoms with E-state index in [1.165, 1.54) is 6.42 Å². The lowest BCUT2D eigenvalue weighted by atomic mass is 10.3. The third-order valence-corrected chi connectivity index (χ3v) is 3.40. The summed E-state index contributed by atoms with van der Waals surface area (Å²) in [4.78, 5) is 8.76. The van der Waals surface area contributed by atoms with E-state index >= 15 is 0 Å². The summed E-state index contributed by atoms with van der Waals surface area (Å²) in [6, 6.07) is 0.548. The van der Waals surface area contributed by atoms with E-state index < -0.39 is 0 Å². The summed E-state index contributed by atoms with van der Waals surface area (Å²) in [6.45, 7) is 2.85. The Balaban J connectivity index is 1.96. The molecule has 1 aromatic rings. The summed E-state index contributed by atoms with van der Waals surface area (Å²) in [5.41, 5.74) is 0. The van der Waals surface area contributed by atoms with Crippen LogP contribution in [0.1, 0.15) is 19.2 Å². The summed E-state index contributed by atoms with van der Waals surface area (Å²) in [5, 5.41) is 4.43. The van der Waals surface area contributed by atoms with E-state index in [4.69, 9.17) is 0 Å². The van der Waals surface area contributed by atoms with Crippen molar-refractivity contribution in [2.45, 2.75) is 25.9 Å². The van der Waals surface area contributed by atoms with Crippen molar-refractivity contribution in [3.05, 3.63) is 18.2 Å². The number of hydrogen-bond acceptors (Lipinski definition) is 3. The Kier molecular flexibility index (Phi) is 3.30. The van der Waals surface area contributed by atoms with Crippen LogP contribution in [0.2, 0.25) is 0 Å². The van der Waals surface area contributed by atoms with E-state index in [-0.39, 0.29) is 0 Å². The topological polar surface area (TPSA) is 42.2 Å². The van der Waals surface area contributed by atoms with Crippen molar-refractivity contribution in [3.63, 3.8) is 0 Å². The quantitative estimate of drug-likeness (QED) is 0.825. The van der Waals surface area contributed by atoms with Gasteiger partial charge in [0, 0.05) is 31.2 Å². The van der Waals surface area contributed by atoms with Crippen LogP contribution in [0.25, 0.3) is 0 Å². The molecule has 5 heteroatoms. The summed E-state index contributed by atoms with van der Waals surface area (Å²) in [7, 11) is 1.99. The fourth-order valence-corrected chi connectivity index (χ4v) is 2.54. The fourth-order valence-electron chi connectivity index (χ4n) is 1.44. The Bertz CT molecular complexity index is 358. The van der Waals surface area contributed by atoms with E-state index in [2.05, 4.69) is 22.2 Å². The van der Waals surface area contributed by atoms with Crippen molar-refractivity contribution in [2.24, 2.45) is 12.0 Å². The largest absolute Gasteiger partial charge is 0.362 e. The molecular weight excluding hydrogens is 208 g/mol. The molecule has 2 heterocycles. The molecular formula is C10H16N4S. The van der Waals surface area contributed by atoms with Crippen LogP contribution in [0, 0.1) is 0 Å². The van der Waals surface area contributed by atoms with Crippen molar-refractivity contribution in [1.82, 2.24) is 14.9 Å². The molecule has 1 saturated heterocycles. The molecule has 1 N–H and O–H groups in total. The lowest BCUT2D eigenvalue weighted by molar-refractivity contribution is 0.641. The van der Waals surface area contributed by atoms with Crippen LogP contribution in [0.4, 0.5) is 0 Å². The van der Waals surface area contributed by atoms with Gasteiger partial charge in [0.1, 0.15) is 5.82 Å². The number of amidine groups is 1. The Labute approximate surface area is 94.2 Å². The minimum atomic E-state index is 0.548. The van der Waals surface area contributed by atoms with E-state index in [0.717, 1.165) is 16.7 Å². The van der Waals surface area contributed by atoms with Crippen molar-refractivity contribution in [3.8, 4) is 0 Å². The molecule has 0 saturated carbocycles. The highest BCUT2D eigenvalue weighted by molar-refractivity contribution is 8.13. The smallest absolute Gasteiger partial charge is 0.157 e. The predicted octanol–water partition coefficient (Wildman–Crippen LogP) is 1.39. The zero-order chi connectivity index (χ0) is 10.7. The Morgan fingerprint density at radius 3 is 3.27 bits per heavy atom. The second kappa shape index (κ2) is 4.70. The molecule has 1 atom stereocenters. The summed E-state index contributed by atoms with van der Waals surface area (Å²) >= 11 is 1.80. The molecule has 15 heavy (non-hydrogen) atoms. The molecule has 1 fully saturated rings. The average Bonchev–Trinajstić information content (AvgIpc) is 2.61. The van der Waals surface area contributed by atoms with Crippen LogP contribution in [0.3, 0.4) is 0 Å². The van der Waals surface area contributed by atoms with Crippen molar-refractivity contribution in [2.75, 3.05) is 5.75 Å². The molecule has 0 aliphatic carbocycles. The number of aryl methyl sites for hydroxylation is 1. The molecule has 0 bridgehead atoms. The second-order valence-corrected chi connectivity index (χ2v) is 4.84. The number of aliphatic imine (C=N–C) groups is 1. The zero-order valence-electron chi connectivity index (χ0n) is 9.10. The molecule has 2 rings (SSSR count). The van der Waals surface area contributed by atoms with Gasteiger partial charge < -0.3 is 9.88 Å². The first-order valence-electron chi connectivity index (χ1n) is 5.15. The maximum atomic E-state index is 4.52. The molecule has 4 nitrogen and oxygen atoms in total. The van der Waals surface area contributed by atoms with Gasteiger partial charge in [-0.15, -0.1) is 0 Å². The van der Waals surface area contributed by atoms with Crippen molar-refractivity contribution in [1.29, 1.82) is 0 Å². The number of nitrogens with zero attached hydrogens (tertiary/aromatic N) is 3. The van der Waals surface area contributed by atoms with Gasteiger partial charge in [0.15, 0.2) is 5.17 Å². The van der Waals surface area contributed by atoms with E-state index in [9.17, 15) is 0 Å². The molecule has 1 aliphatic rings. The van der Waals surface area contributed by atoms with E-state index in [1.807, 2.05) is 17.8 Å². The number of hydrogen-bond donors (Lipinski definition) is 1. The van der Waals surface area contributed by atoms with Gasteiger partial charge in [-0.25, -0.2) is 4.98 Å². The van der Waals surface area contributed by atoms with Crippen LogP contribution < -0.4 is 5.32 Å². The van der Waals surface area contributed by atoms with Crippen LogP contribution in [-0.4, -0.2) is 26.5 Å². The van der Waals surface area contributed by atoms with Crippen LogP contribution >= 0.6 is 11.8 Å². The minimum Gasteiger partial charge on any atom is -0.362 e. The monoisotopic (exact) mass is 224 g/mol. The molecule has 1 aliphatic heterocycles. The number of aromatic nitrogens is 2. The van der Waals surface area contributed by atoms with Crippen LogP contribution in [-0.2, 0) is 13.6 Å². The molecule has 0 amide bonds. The zero-order valence-corrected chi connectivity index (χ0v) is 9.92. The second-order valence-electron chi connectivity index (χ2n) is 3.76. The van der Waals surface area contributed by atoms with E-state index in [0.29, 0.717) is 12.6 Å². The molecule has 1 unspecified atom stereocenters. The summed E-state index contributed by atoms with van der Waals surface area (Å²) < 4.78 is 2.00. The van der Waals surface area contributed by atoms with Gasteiger partial charge in [0.05, 0.1) is 6.54 Å². The first-order valence-corrected chi connectivity index (χ1v) is 6.14. The molecule has 0 aromatic carbocycles. The normalized spacial score (nSPS) is 24.1. The first-order chi connectivity index (χ1) is 7.25. The van der Waals surface area contributed by atoms with Gasteiger partial charge in [-0.3, -0.25) is 4.99 Å². The van der Waals surface area contributed by atoms with Crippen LogP contribution in [0.15, 0.2) is 17.4 Å². The van der Waals surface area contributed by atoms with Gasteiger partial charge in [-0.1, -0.05) is 11.8 Å². The van der Waals surface area contributed by atoms with E-state index in [1.54, 1.807) is 18.0 Å². The third-order valence-electron chi connectivity index (χ3n) is 2.44. The molecule has 82 valence electrons. The lowest BCUT2D eigenvalue weighted by Crippen LogP contribution is -2.35. The highest BCUT2D eigenvalue weighted by atomic mass is 32.2. The molecule has 0 radical (unpaired) electrons. The number of nitrogens with one attached hydrogen (secondary N) is 1. The number of imidazole rings is 1. The minimum absolute atomic E-state index is 0.548.